The summed E-state index contributed by atoms with van der Waals surface area (Å²) in [6, 6.07) is 12.1. The van der Waals surface area contributed by atoms with Crippen LogP contribution in [-0.4, -0.2) is 30.2 Å². The number of carbonyl (C=O) groups is 3. The highest BCUT2D eigenvalue weighted by atomic mass is 35.5. The van der Waals surface area contributed by atoms with Crippen LogP contribution in [0.15, 0.2) is 42.5 Å². The number of hydrogen-bond acceptors (Lipinski definition) is 5. The fraction of sp³-hybridized carbons (Fsp3) is 0.286. The molecule has 4 atom stereocenters. The average Bonchev–Trinajstić information content (AvgIpc) is 2.71. The zero-order valence-corrected chi connectivity index (χ0v) is 18.1. The van der Waals surface area contributed by atoms with Crippen molar-refractivity contribution in [2.75, 3.05) is 10.6 Å². The summed E-state index contributed by atoms with van der Waals surface area (Å²) in [4.78, 5) is 38.1. The van der Waals surface area contributed by atoms with Crippen molar-refractivity contribution in [3.63, 3.8) is 0 Å². The summed E-state index contributed by atoms with van der Waals surface area (Å²) in [5.74, 6) is -2.65. The first-order valence-corrected chi connectivity index (χ1v) is 10.5. The van der Waals surface area contributed by atoms with Crippen molar-refractivity contribution in [1.82, 2.24) is 16.0 Å². The van der Waals surface area contributed by atoms with E-state index >= 15 is 0 Å². The number of aryl methyl sites for hydroxylation is 1. The summed E-state index contributed by atoms with van der Waals surface area (Å²) in [6.07, 6.45) is -1.41. The molecule has 31 heavy (non-hydrogen) atoms. The van der Waals surface area contributed by atoms with Crippen LogP contribution in [0.5, 0.6) is 0 Å². The van der Waals surface area contributed by atoms with Gasteiger partial charge in [0, 0.05) is 27.8 Å². The van der Waals surface area contributed by atoms with Gasteiger partial charge in [-0.1, -0.05) is 29.3 Å². The van der Waals surface area contributed by atoms with Crippen LogP contribution in [0.2, 0.25) is 10.0 Å². The molecular weight excluding hydrogens is 441 g/mol. The van der Waals surface area contributed by atoms with Gasteiger partial charge in [0.15, 0.2) is 6.29 Å². The maximum Gasteiger partial charge on any atom is 0.229 e. The van der Waals surface area contributed by atoms with Crippen LogP contribution < -0.4 is 26.6 Å². The Morgan fingerprint density at radius 3 is 2.45 bits per heavy atom. The molecule has 2 saturated heterocycles. The molecule has 10 heteroatoms. The molecule has 4 unspecified atom stereocenters. The number of fused-ring (bicyclic) bond motifs is 1. The molecule has 0 saturated carbocycles. The SMILES string of the molecule is Cc1ccc(NC(=O)C2CC(=O)NC3NC(Nc4ccc(Cl)cc4)NC(=O)C32)cc1Cl. The summed E-state index contributed by atoms with van der Waals surface area (Å²) in [6.45, 7) is 1.86. The molecule has 162 valence electrons. The first kappa shape index (κ1) is 21.4. The van der Waals surface area contributed by atoms with Crippen molar-refractivity contribution < 1.29 is 14.4 Å². The first-order chi connectivity index (χ1) is 14.8. The highest BCUT2D eigenvalue weighted by Gasteiger charge is 2.48. The molecule has 0 bridgehead atoms. The molecule has 0 aliphatic carbocycles. The lowest BCUT2D eigenvalue weighted by molar-refractivity contribution is -0.144. The van der Waals surface area contributed by atoms with Crippen LogP contribution in [-0.2, 0) is 14.4 Å². The number of anilines is 2. The number of piperidine rings is 1. The summed E-state index contributed by atoms with van der Waals surface area (Å²) in [5.41, 5.74) is 2.12. The zero-order valence-electron chi connectivity index (χ0n) is 16.5. The Morgan fingerprint density at radius 2 is 1.74 bits per heavy atom. The van der Waals surface area contributed by atoms with Gasteiger partial charge >= 0.3 is 0 Å². The summed E-state index contributed by atoms with van der Waals surface area (Å²) in [7, 11) is 0. The van der Waals surface area contributed by atoms with Gasteiger partial charge in [0.05, 0.1) is 18.0 Å². The lowest BCUT2D eigenvalue weighted by Gasteiger charge is -2.43. The van der Waals surface area contributed by atoms with Gasteiger partial charge in [-0.25, -0.2) is 0 Å². The second-order valence-corrected chi connectivity index (χ2v) is 8.44. The smallest absolute Gasteiger partial charge is 0.229 e. The second-order valence-electron chi connectivity index (χ2n) is 7.59. The van der Waals surface area contributed by atoms with Gasteiger partial charge in [0.1, 0.15) is 0 Å². The number of hydrogen-bond donors (Lipinski definition) is 5. The Balaban J connectivity index is 1.48. The maximum absolute atomic E-state index is 12.9. The van der Waals surface area contributed by atoms with Crippen LogP contribution in [0.1, 0.15) is 12.0 Å². The minimum Gasteiger partial charge on any atom is -0.353 e. The van der Waals surface area contributed by atoms with Crippen LogP contribution in [0.4, 0.5) is 11.4 Å². The van der Waals surface area contributed by atoms with Crippen molar-refractivity contribution in [3.05, 3.63) is 58.1 Å². The van der Waals surface area contributed by atoms with E-state index < -0.39 is 30.2 Å². The van der Waals surface area contributed by atoms with Crippen LogP contribution >= 0.6 is 23.2 Å². The molecule has 2 heterocycles. The molecule has 2 aromatic rings. The van der Waals surface area contributed by atoms with Gasteiger partial charge in [-0.05, 0) is 48.9 Å². The van der Waals surface area contributed by atoms with Crippen molar-refractivity contribution in [2.24, 2.45) is 11.8 Å². The minimum atomic E-state index is -0.831. The predicted molar refractivity (Wildman–Crippen MR) is 118 cm³/mol. The number of benzene rings is 2. The van der Waals surface area contributed by atoms with Crippen LogP contribution in [0.25, 0.3) is 0 Å². The normalized spacial score (nSPS) is 25.1. The maximum atomic E-state index is 12.9. The molecule has 2 aliphatic heterocycles. The third-order valence-corrected chi connectivity index (χ3v) is 6.04. The number of halogens is 2. The second kappa shape index (κ2) is 8.74. The molecule has 2 aliphatic rings. The van der Waals surface area contributed by atoms with Gasteiger partial charge in [0.25, 0.3) is 0 Å². The molecule has 0 radical (unpaired) electrons. The van der Waals surface area contributed by atoms with Crippen molar-refractivity contribution in [1.29, 1.82) is 0 Å². The van der Waals surface area contributed by atoms with E-state index in [2.05, 4.69) is 26.6 Å². The van der Waals surface area contributed by atoms with E-state index in [9.17, 15) is 14.4 Å². The Kier molecular flexibility index (Phi) is 6.04. The molecule has 4 rings (SSSR count). The van der Waals surface area contributed by atoms with E-state index in [1.807, 2.05) is 6.92 Å². The molecule has 2 aromatic carbocycles. The van der Waals surface area contributed by atoms with E-state index in [1.54, 1.807) is 42.5 Å². The summed E-state index contributed by atoms with van der Waals surface area (Å²) in [5, 5.41) is 15.7. The predicted octanol–water partition coefficient (Wildman–Crippen LogP) is 2.43. The van der Waals surface area contributed by atoms with E-state index in [0.717, 1.165) is 11.3 Å². The van der Waals surface area contributed by atoms with Gasteiger partial charge in [-0.15, -0.1) is 0 Å². The van der Waals surface area contributed by atoms with Crippen LogP contribution in [0.3, 0.4) is 0 Å². The quantitative estimate of drug-likeness (QED) is 0.480. The largest absolute Gasteiger partial charge is 0.353 e. The van der Waals surface area contributed by atoms with E-state index in [-0.39, 0.29) is 18.2 Å². The highest BCUT2D eigenvalue weighted by Crippen LogP contribution is 2.29. The Bertz CT molecular complexity index is 1030. The standard InChI is InChI=1S/C21H21Cl2N5O3/c1-10-2-5-13(8-15(10)23)24-19(30)14-9-16(29)26-18-17(14)20(31)28-21(27-18)25-12-6-3-11(22)4-7-12/h2-8,14,17-18,21,25,27H,9H2,1H3,(H,24,30)(H,26,29)(H,28,31). The van der Waals surface area contributed by atoms with E-state index in [1.165, 1.54) is 0 Å². The lowest BCUT2D eigenvalue weighted by atomic mass is 9.81. The number of rotatable bonds is 4. The molecule has 0 aromatic heterocycles. The molecule has 3 amide bonds. The van der Waals surface area contributed by atoms with E-state index in [0.29, 0.717) is 15.7 Å². The monoisotopic (exact) mass is 461 g/mol. The van der Waals surface area contributed by atoms with Gasteiger partial charge < -0.3 is 21.3 Å². The molecular formula is C21H21Cl2N5O3. The molecule has 8 nitrogen and oxygen atoms in total. The third kappa shape index (κ3) is 4.76. The highest BCUT2D eigenvalue weighted by molar-refractivity contribution is 6.31. The minimum absolute atomic E-state index is 0.0863. The van der Waals surface area contributed by atoms with Crippen molar-refractivity contribution >= 4 is 52.3 Å². The fourth-order valence-electron chi connectivity index (χ4n) is 3.77. The average molecular weight is 462 g/mol. The third-order valence-electron chi connectivity index (χ3n) is 5.38. The van der Waals surface area contributed by atoms with Crippen molar-refractivity contribution in [2.45, 2.75) is 25.8 Å². The number of carbonyl (C=O) groups excluding carboxylic acids is 3. The Labute approximate surface area is 189 Å². The first-order valence-electron chi connectivity index (χ1n) is 9.75. The Hall–Kier alpha value is -2.81. The zero-order chi connectivity index (χ0) is 22.1. The van der Waals surface area contributed by atoms with Gasteiger partial charge in [0.2, 0.25) is 17.7 Å². The van der Waals surface area contributed by atoms with Crippen LogP contribution in [0, 0.1) is 18.8 Å². The topological polar surface area (TPSA) is 111 Å². The lowest BCUT2D eigenvalue weighted by Crippen LogP contribution is -2.72. The Morgan fingerprint density at radius 1 is 1.03 bits per heavy atom. The molecule has 0 spiro atoms. The number of amides is 3. The summed E-state index contributed by atoms with van der Waals surface area (Å²) >= 11 is 12.0. The summed E-state index contributed by atoms with van der Waals surface area (Å²) < 4.78 is 0. The molecule has 2 fully saturated rings. The van der Waals surface area contributed by atoms with Gasteiger partial charge in [-0.3, -0.25) is 19.7 Å². The fourth-order valence-corrected chi connectivity index (χ4v) is 4.08. The van der Waals surface area contributed by atoms with E-state index in [4.69, 9.17) is 23.2 Å². The van der Waals surface area contributed by atoms with Crippen molar-refractivity contribution in [3.8, 4) is 0 Å². The van der Waals surface area contributed by atoms with Gasteiger partial charge in [-0.2, -0.15) is 0 Å². The number of nitrogens with one attached hydrogen (secondary N) is 5. The molecule has 5 N–H and O–H groups in total.